The van der Waals surface area contributed by atoms with Crippen LogP contribution < -0.4 is 10.6 Å². The summed E-state index contributed by atoms with van der Waals surface area (Å²) in [6, 6.07) is 6.76. The summed E-state index contributed by atoms with van der Waals surface area (Å²) in [4.78, 5) is 16.3. The first kappa shape index (κ1) is 22.5. The van der Waals surface area contributed by atoms with Gasteiger partial charge >= 0.3 is 0 Å². The number of carbonyl (C=O) groups excluding carboxylic acids is 1. The molecule has 1 aliphatic heterocycles. The summed E-state index contributed by atoms with van der Waals surface area (Å²) in [6.07, 6.45) is 1.53. The van der Waals surface area contributed by atoms with Crippen LogP contribution in [0, 0.1) is 0 Å². The highest BCUT2D eigenvalue weighted by molar-refractivity contribution is 6.30. The Labute approximate surface area is 176 Å². The van der Waals surface area contributed by atoms with Crippen LogP contribution in [0.25, 0.3) is 11.4 Å². The quantitative estimate of drug-likeness (QED) is 0.624. The summed E-state index contributed by atoms with van der Waals surface area (Å²) >= 11 is 5.91. The van der Waals surface area contributed by atoms with E-state index in [0.717, 1.165) is 44.7 Å². The lowest BCUT2D eigenvalue weighted by atomic mass is 10.2. The van der Waals surface area contributed by atoms with Crippen LogP contribution in [0.5, 0.6) is 0 Å². The normalized spacial score (nSPS) is 15.6. The van der Waals surface area contributed by atoms with E-state index >= 15 is 0 Å². The molecule has 0 aliphatic carbocycles. The minimum Gasteiger partial charge on any atom is -0.354 e. The highest BCUT2D eigenvalue weighted by Crippen LogP contribution is 2.18. The molecule has 154 valence electrons. The van der Waals surface area contributed by atoms with Crippen molar-refractivity contribution in [3.05, 3.63) is 29.3 Å². The fraction of sp³-hybridized carbons (Fsp3) is 0.556. The predicted octanol–water partition coefficient (Wildman–Crippen LogP) is 1.78. The Kier molecular flexibility index (Phi) is 9.11. The molecule has 2 N–H and O–H groups in total. The Morgan fingerprint density at radius 2 is 2.00 bits per heavy atom. The lowest BCUT2D eigenvalue weighted by Crippen LogP contribution is -2.44. The van der Waals surface area contributed by atoms with Crippen molar-refractivity contribution < 1.29 is 4.79 Å². The Bertz CT molecular complexity index is 732. The number of tetrazole rings is 1. The third-order valence-electron chi connectivity index (χ3n) is 4.66. The highest BCUT2D eigenvalue weighted by Gasteiger charge is 2.21. The molecule has 28 heavy (non-hydrogen) atoms. The van der Waals surface area contributed by atoms with Gasteiger partial charge in [0.2, 0.25) is 11.7 Å². The second-order valence-electron chi connectivity index (χ2n) is 6.60. The number of hydrogen-bond acceptors (Lipinski definition) is 6. The molecule has 1 aromatic carbocycles. The average Bonchev–Trinajstić information content (AvgIpc) is 3.17. The van der Waals surface area contributed by atoms with Gasteiger partial charge in [0.15, 0.2) is 6.04 Å². The molecule has 0 spiro atoms. The number of nitrogens with one attached hydrogen (secondary N) is 2. The minimum absolute atomic E-state index is 0. The van der Waals surface area contributed by atoms with E-state index in [2.05, 4.69) is 30.9 Å². The van der Waals surface area contributed by atoms with Gasteiger partial charge in [-0.2, -0.15) is 4.80 Å². The van der Waals surface area contributed by atoms with Crippen LogP contribution in [-0.2, 0) is 4.79 Å². The molecule has 0 saturated carbocycles. The SMILES string of the molecule is CCC(C(=O)NCCCN1CCNCC1)n1nnc(-c2ccc(Cl)cc2)n1.Cl. The fourth-order valence-electron chi connectivity index (χ4n) is 3.09. The summed E-state index contributed by atoms with van der Waals surface area (Å²) in [7, 11) is 0. The van der Waals surface area contributed by atoms with Gasteiger partial charge in [-0.3, -0.25) is 4.79 Å². The number of halogens is 2. The van der Waals surface area contributed by atoms with E-state index < -0.39 is 6.04 Å². The van der Waals surface area contributed by atoms with Crippen LogP contribution in [0.15, 0.2) is 24.3 Å². The second-order valence-corrected chi connectivity index (χ2v) is 7.04. The van der Waals surface area contributed by atoms with Gasteiger partial charge in [-0.1, -0.05) is 18.5 Å². The van der Waals surface area contributed by atoms with Gasteiger partial charge in [-0.15, -0.1) is 22.6 Å². The lowest BCUT2D eigenvalue weighted by Gasteiger charge is -2.27. The molecule has 0 bridgehead atoms. The van der Waals surface area contributed by atoms with Gasteiger partial charge in [0, 0.05) is 43.3 Å². The number of carbonyl (C=O) groups is 1. The lowest BCUT2D eigenvalue weighted by molar-refractivity contribution is -0.125. The van der Waals surface area contributed by atoms with E-state index in [0.29, 0.717) is 23.8 Å². The fourth-order valence-corrected chi connectivity index (χ4v) is 3.22. The highest BCUT2D eigenvalue weighted by atomic mass is 35.5. The first-order valence-corrected chi connectivity index (χ1v) is 9.81. The van der Waals surface area contributed by atoms with Gasteiger partial charge in [0.05, 0.1) is 0 Å². The standard InChI is InChI=1S/C18H26ClN7O.ClH/c1-2-16(18(27)21-8-3-11-25-12-9-20-10-13-25)26-23-17(22-24-26)14-4-6-15(19)7-5-14;/h4-7,16,20H,2-3,8-13H2,1H3,(H,21,27);1H. The van der Waals surface area contributed by atoms with Crippen molar-refractivity contribution in [3.63, 3.8) is 0 Å². The van der Waals surface area contributed by atoms with Crippen LogP contribution in [0.4, 0.5) is 0 Å². The number of nitrogens with zero attached hydrogens (tertiary/aromatic N) is 5. The third-order valence-corrected chi connectivity index (χ3v) is 4.91. The monoisotopic (exact) mass is 427 g/mol. The second kappa shape index (κ2) is 11.3. The Balaban J connectivity index is 0.00000280. The Morgan fingerprint density at radius 1 is 1.29 bits per heavy atom. The Hall–Kier alpha value is -1.74. The molecule has 1 aliphatic rings. The average molecular weight is 428 g/mol. The zero-order chi connectivity index (χ0) is 19.1. The Morgan fingerprint density at radius 3 is 2.68 bits per heavy atom. The number of hydrogen-bond donors (Lipinski definition) is 2. The van der Waals surface area contributed by atoms with E-state index in [-0.39, 0.29) is 18.3 Å². The summed E-state index contributed by atoms with van der Waals surface area (Å²) in [6.45, 7) is 7.81. The van der Waals surface area contributed by atoms with E-state index in [1.165, 1.54) is 4.80 Å². The molecule has 2 heterocycles. The molecule has 1 aromatic heterocycles. The third kappa shape index (κ3) is 6.13. The number of piperazine rings is 1. The maximum Gasteiger partial charge on any atom is 0.246 e. The summed E-state index contributed by atoms with van der Waals surface area (Å²) in [5.41, 5.74) is 0.817. The molecular weight excluding hydrogens is 401 g/mol. The maximum atomic E-state index is 12.5. The molecule has 1 saturated heterocycles. The number of benzene rings is 1. The van der Waals surface area contributed by atoms with Crippen molar-refractivity contribution in [1.29, 1.82) is 0 Å². The van der Waals surface area contributed by atoms with Gasteiger partial charge in [-0.05, 0) is 48.9 Å². The molecule has 1 fully saturated rings. The summed E-state index contributed by atoms with van der Waals surface area (Å²) in [5.74, 6) is 0.412. The number of rotatable bonds is 8. The van der Waals surface area contributed by atoms with E-state index in [9.17, 15) is 4.79 Å². The minimum atomic E-state index is -0.460. The van der Waals surface area contributed by atoms with Crippen molar-refractivity contribution in [2.45, 2.75) is 25.8 Å². The topological polar surface area (TPSA) is 88.0 Å². The smallest absolute Gasteiger partial charge is 0.246 e. The first-order chi connectivity index (χ1) is 13.2. The first-order valence-electron chi connectivity index (χ1n) is 9.43. The molecule has 1 unspecified atom stereocenters. The van der Waals surface area contributed by atoms with E-state index in [1.807, 2.05) is 19.1 Å². The van der Waals surface area contributed by atoms with Crippen molar-refractivity contribution >= 4 is 29.9 Å². The predicted molar refractivity (Wildman–Crippen MR) is 112 cm³/mol. The summed E-state index contributed by atoms with van der Waals surface area (Å²) in [5, 5.41) is 19.5. The largest absolute Gasteiger partial charge is 0.354 e. The van der Waals surface area contributed by atoms with Gasteiger partial charge in [0.25, 0.3) is 0 Å². The number of amides is 1. The van der Waals surface area contributed by atoms with Gasteiger partial charge < -0.3 is 15.5 Å². The molecule has 8 nitrogen and oxygen atoms in total. The molecule has 10 heteroatoms. The zero-order valence-electron chi connectivity index (χ0n) is 16.0. The number of aromatic nitrogens is 4. The summed E-state index contributed by atoms with van der Waals surface area (Å²) < 4.78 is 0. The van der Waals surface area contributed by atoms with Gasteiger partial charge in [0.1, 0.15) is 0 Å². The van der Waals surface area contributed by atoms with Crippen LogP contribution in [-0.4, -0.2) is 70.3 Å². The molecule has 2 aromatic rings. The molecule has 1 atom stereocenters. The van der Waals surface area contributed by atoms with Crippen molar-refractivity contribution in [1.82, 2.24) is 35.7 Å². The molecule has 1 amide bonds. The van der Waals surface area contributed by atoms with Crippen LogP contribution in [0.2, 0.25) is 5.02 Å². The molecule has 0 radical (unpaired) electrons. The van der Waals surface area contributed by atoms with Crippen molar-refractivity contribution in [2.75, 3.05) is 39.3 Å². The van der Waals surface area contributed by atoms with E-state index in [1.54, 1.807) is 12.1 Å². The van der Waals surface area contributed by atoms with Crippen LogP contribution >= 0.6 is 24.0 Å². The maximum absolute atomic E-state index is 12.5. The zero-order valence-corrected chi connectivity index (χ0v) is 17.5. The van der Waals surface area contributed by atoms with Crippen molar-refractivity contribution in [3.8, 4) is 11.4 Å². The van der Waals surface area contributed by atoms with E-state index in [4.69, 9.17) is 11.6 Å². The molecular formula is C18H27Cl2N7O. The van der Waals surface area contributed by atoms with Gasteiger partial charge in [-0.25, -0.2) is 0 Å². The van der Waals surface area contributed by atoms with Crippen molar-refractivity contribution in [2.24, 2.45) is 0 Å². The van der Waals surface area contributed by atoms with Crippen LogP contribution in [0.3, 0.4) is 0 Å². The van der Waals surface area contributed by atoms with Crippen LogP contribution in [0.1, 0.15) is 25.8 Å². The molecule has 3 rings (SSSR count).